The summed E-state index contributed by atoms with van der Waals surface area (Å²) in [5.74, 6) is 1.66. The number of aromatic hydroxyl groups is 1. The number of methoxy groups -OCH3 is 1. The fourth-order valence-corrected chi connectivity index (χ4v) is 3.82. The van der Waals surface area contributed by atoms with Crippen LogP contribution in [0.4, 0.5) is 11.5 Å². The van der Waals surface area contributed by atoms with Gasteiger partial charge in [-0.2, -0.15) is 0 Å². The van der Waals surface area contributed by atoms with E-state index in [1.54, 1.807) is 30.2 Å². The van der Waals surface area contributed by atoms with Gasteiger partial charge in [0.2, 0.25) is 5.91 Å². The van der Waals surface area contributed by atoms with Crippen molar-refractivity contribution in [3.8, 4) is 17.2 Å². The normalized spacial score (nSPS) is 14.2. The summed E-state index contributed by atoms with van der Waals surface area (Å²) in [5.41, 5.74) is 1.35. The minimum Gasteiger partial charge on any atom is -0.506 e. The summed E-state index contributed by atoms with van der Waals surface area (Å²) < 4.78 is 11.8. The Morgan fingerprint density at radius 2 is 2.03 bits per heavy atom. The van der Waals surface area contributed by atoms with Crippen molar-refractivity contribution in [1.29, 1.82) is 0 Å². The molecule has 0 aliphatic carbocycles. The summed E-state index contributed by atoms with van der Waals surface area (Å²) in [6.07, 6.45) is 4.17. The van der Waals surface area contributed by atoms with Crippen LogP contribution in [0.15, 0.2) is 49.3 Å². The number of aromatic nitrogens is 2. The number of amides is 1. The minimum absolute atomic E-state index is 0.00558. The monoisotopic (exact) mass is 454 g/mol. The van der Waals surface area contributed by atoms with E-state index in [-0.39, 0.29) is 22.8 Å². The zero-order chi connectivity index (χ0) is 22.7. The van der Waals surface area contributed by atoms with Crippen LogP contribution in [-0.2, 0) is 4.79 Å². The van der Waals surface area contributed by atoms with Crippen LogP contribution >= 0.6 is 11.6 Å². The summed E-state index contributed by atoms with van der Waals surface area (Å²) in [4.78, 5) is 22.3. The molecular weight excluding hydrogens is 432 g/mol. The lowest BCUT2D eigenvalue weighted by atomic mass is 10.1. The number of carbonyl (C=O) groups excluding carboxylic acids is 1. The molecule has 1 aliphatic rings. The highest BCUT2D eigenvalue weighted by Crippen LogP contribution is 2.36. The molecule has 0 atom stereocenters. The molecular formula is C23H23ClN4O4. The first-order chi connectivity index (χ1) is 15.5. The Balaban J connectivity index is 1.60. The largest absolute Gasteiger partial charge is 0.506 e. The van der Waals surface area contributed by atoms with E-state index in [0.717, 1.165) is 5.39 Å². The van der Waals surface area contributed by atoms with Crippen LogP contribution in [0.2, 0.25) is 5.02 Å². The second kappa shape index (κ2) is 9.32. The summed E-state index contributed by atoms with van der Waals surface area (Å²) in [5, 5.41) is 13.8. The van der Waals surface area contributed by atoms with Gasteiger partial charge in [0.25, 0.3) is 0 Å². The molecule has 4 rings (SSSR count). The lowest BCUT2D eigenvalue weighted by Gasteiger charge is -2.31. The lowest BCUT2D eigenvalue weighted by Crippen LogP contribution is -2.41. The number of phenolic OH excluding ortho intramolecular Hbond substituents is 1. The number of benzene rings is 2. The number of hydrogen-bond acceptors (Lipinski definition) is 7. The first-order valence-electron chi connectivity index (χ1n) is 10.1. The van der Waals surface area contributed by atoms with Crippen molar-refractivity contribution in [2.45, 2.75) is 18.9 Å². The Kier molecular flexibility index (Phi) is 6.32. The molecule has 0 radical (unpaired) electrons. The van der Waals surface area contributed by atoms with E-state index >= 15 is 0 Å². The molecule has 0 spiro atoms. The zero-order valence-electron chi connectivity index (χ0n) is 17.5. The van der Waals surface area contributed by atoms with Gasteiger partial charge in [0.1, 0.15) is 24.0 Å². The summed E-state index contributed by atoms with van der Waals surface area (Å²) in [7, 11) is 1.58. The first kappa shape index (κ1) is 21.7. The average molecular weight is 455 g/mol. The third-order valence-corrected chi connectivity index (χ3v) is 5.66. The van der Waals surface area contributed by atoms with Gasteiger partial charge >= 0.3 is 0 Å². The lowest BCUT2D eigenvalue weighted by molar-refractivity contribution is -0.127. The third kappa shape index (κ3) is 4.55. The van der Waals surface area contributed by atoms with Crippen LogP contribution in [0.1, 0.15) is 12.8 Å². The fraction of sp³-hybridized carbons (Fsp3) is 0.261. The minimum atomic E-state index is -0.0612. The summed E-state index contributed by atoms with van der Waals surface area (Å²) >= 11 is 6.02. The van der Waals surface area contributed by atoms with E-state index in [9.17, 15) is 9.90 Å². The Morgan fingerprint density at radius 1 is 1.25 bits per heavy atom. The SMILES string of the molecule is C=CC(=O)N1CCC(Oc2cc3c(Nc4ccc(O)c(Cl)c4)ncnc3cc2OC)CC1. The third-order valence-electron chi connectivity index (χ3n) is 5.35. The quantitative estimate of drug-likeness (QED) is 0.423. The smallest absolute Gasteiger partial charge is 0.245 e. The van der Waals surface area contributed by atoms with Crippen molar-refractivity contribution >= 4 is 39.9 Å². The number of fused-ring (bicyclic) bond motifs is 1. The second-order valence-corrected chi connectivity index (χ2v) is 7.79. The van der Waals surface area contributed by atoms with Gasteiger partial charge in [-0.3, -0.25) is 4.79 Å². The maximum Gasteiger partial charge on any atom is 0.245 e. The maximum atomic E-state index is 11.8. The van der Waals surface area contributed by atoms with Gasteiger partial charge < -0.3 is 24.8 Å². The number of phenols is 1. The molecule has 0 unspecified atom stereocenters. The van der Waals surface area contributed by atoms with E-state index in [1.165, 1.54) is 18.5 Å². The van der Waals surface area contributed by atoms with E-state index < -0.39 is 0 Å². The van der Waals surface area contributed by atoms with Crippen LogP contribution < -0.4 is 14.8 Å². The van der Waals surface area contributed by atoms with Crippen LogP contribution in [0, 0.1) is 0 Å². The number of rotatable bonds is 6. The van der Waals surface area contributed by atoms with Crippen molar-refractivity contribution in [3.63, 3.8) is 0 Å². The van der Waals surface area contributed by atoms with Gasteiger partial charge in [-0.1, -0.05) is 18.2 Å². The molecule has 32 heavy (non-hydrogen) atoms. The molecule has 0 bridgehead atoms. The molecule has 8 nitrogen and oxygen atoms in total. The zero-order valence-corrected chi connectivity index (χ0v) is 18.3. The number of ether oxygens (including phenoxy) is 2. The maximum absolute atomic E-state index is 11.8. The highest BCUT2D eigenvalue weighted by atomic mass is 35.5. The number of carbonyl (C=O) groups is 1. The standard InChI is InChI=1S/C23H23ClN4O4/c1-3-22(30)28-8-6-15(7-9-28)32-21-11-16-18(12-20(21)31-2)25-13-26-23(16)27-14-4-5-19(29)17(24)10-14/h3-5,10-13,15,29H,1,6-9H2,2H3,(H,25,26,27). The van der Waals surface area contributed by atoms with Crippen molar-refractivity contribution in [2.24, 2.45) is 0 Å². The van der Waals surface area contributed by atoms with E-state index in [2.05, 4.69) is 21.9 Å². The van der Waals surface area contributed by atoms with Crippen molar-refractivity contribution in [1.82, 2.24) is 14.9 Å². The first-order valence-corrected chi connectivity index (χ1v) is 10.5. The van der Waals surface area contributed by atoms with Crippen LogP contribution in [0.5, 0.6) is 17.2 Å². The van der Waals surface area contributed by atoms with Crippen LogP contribution in [-0.4, -0.2) is 52.2 Å². The van der Waals surface area contributed by atoms with E-state index in [4.69, 9.17) is 21.1 Å². The molecule has 3 aromatic rings. The number of anilines is 2. The highest BCUT2D eigenvalue weighted by molar-refractivity contribution is 6.32. The number of nitrogens with one attached hydrogen (secondary N) is 1. The topological polar surface area (TPSA) is 96.8 Å². The molecule has 2 aromatic carbocycles. The number of likely N-dealkylation sites (tertiary alicyclic amines) is 1. The summed E-state index contributed by atoms with van der Waals surface area (Å²) in [6.45, 7) is 4.77. The van der Waals surface area contributed by atoms with Gasteiger partial charge in [0, 0.05) is 43.1 Å². The van der Waals surface area contributed by atoms with Crippen molar-refractivity contribution in [3.05, 3.63) is 54.3 Å². The molecule has 9 heteroatoms. The molecule has 1 saturated heterocycles. The second-order valence-electron chi connectivity index (χ2n) is 7.38. The molecule has 1 aliphatic heterocycles. The fourth-order valence-electron chi connectivity index (χ4n) is 3.64. The van der Waals surface area contributed by atoms with Crippen LogP contribution in [0.25, 0.3) is 10.9 Å². The Hall–Kier alpha value is -3.52. The van der Waals surface area contributed by atoms with Crippen LogP contribution in [0.3, 0.4) is 0 Å². The molecule has 166 valence electrons. The van der Waals surface area contributed by atoms with Gasteiger partial charge in [-0.15, -0.1) is 0 Å². The molecule has 1 aromatic heterocycles. The van der Waals surface area contributed by atoms with Gasteiger partial charge in [-0.25, -0.2) is 9.97 Å². The number of nitrogens with zero attached hydrogens (tertiary/aromatic N) is 3. The van der Waals surface area contributed by atoms with Crippen molar-refractivity contribution < 1.29 is 19.4 Å². The van der Waals surface area contributed by atoms with E-state index in [0.29, 0.717) is 54.5 Å². The molecule has 0 saturated carbocycles. The Labute approximate surface area is 190 Å². The van der Waals surface area contributed by atoms with E-state index in [1.807, 2.05) is 6.07 Å². The number of piperidine rings is 1. The highest BCUT2D eigenvalue weighted by Gasteiger charge is 2.24. The Morgan fingerprint density at radius 3 is 2.72 bits per heavy atom. The predicted molar refractivity (Wildman–Crippen MR) is 123 cm³/mol. The molecule has 2 heterocycles. The number of halogens is 1. The van der Waals surface area contributed by atoms with Gasteiger partial charge in [0.15, 0.2) is 11.5 Å². The predicted octanol–water partition coefficient (Wildman–Crippen LogP) is 4.30. The Bertz CT molecular complexity index is 1160. The van der Waals surface area contributed by atoms with Gasteiger partial charge in [0.05, 0.1) is 17.6 Å². The average Bonchev–Trinajstić information content (AvgIpc) is 2.81. The molecule has 1 amide bonds. The summed E-state index contributed by atoms with van der Waals surface area (Å²) in [6, 6.07) is 8.48. The van der Waals surface area contributed by atoms with Crippen molar-refractivity contribution in [2.75, 3.05) is 25.5 Å². The molecule has 2 N–H and O–H groups in total. The molecule has 1 fully saturated rings. The van der Waals surface area contributed by atoms with Gasteiger partial charge in [-0.05, 0) is 30.3 Å². The number of hydrogen-bond donors (Lipinski definition) is 2.